The van der Waals surface area contributed by atoms with E-state index in [1.165, 1.54) is 32.1 Å². The third-order valence-electron chi connectivity index (χ3n) is 4.04. The minimum absolute atomic E-state index is 0.484. The van der Waals surface area contributed by atoms with Crippen LogP contribution in [-0.2, 0) is 0 Å². The Morgan fingerprint density at radius 3 is 2.47 bits per heavy atom. The van der Waals surface area contributed by atoms with Gasteiger partial charge in [0.15, 0.2) is 0 Å². The minimum Gasteiger partial charge on any atom is -0.250 e. The summed E-state index contributed by atoms with van der Waals surface area (Å²) in [6.45, 7) is 2.07. The minimum atomic E-state index is 0.484. The molecule has 0 radical (unpaired) electrons. The summed E-state index contributed by atoms with van der Waals surface area (Å²) in [4.78, 5) is 0. The molecule has 0 N–H and O–H groups in total. The van der Waals surface area contributed by atoms with Crippen LogP contribution in [0.5, 0.6) is 0 Å². The molecule has 1 fully saturated rings. The van der Waals surface area contributed by atoms with E-state index in [4.69, 9.17) is 16.7 Å². The fraction of sp³-hybridized carbons (Fsp3) is 0.438. The van der Waals surface area contributed by atoms with Crippen LogP contribution in [0, 0.1) is 6.92 Å². The summed E-state index contributed by atoms with van der Waals surface area (Å²) in [6.07, 6.45) is 6.34. The van der Waals surface area contributed by atoms with Gasteiger partial charge in [0.2, 0.25) is 0 Å². The van der Waals surface area contributed by atoms with Crippen LogP contribution in [0.25, 0.3) is 11.3 Å². The highest BCUT2D eigenvalue weighted by molar-refractivity contribution is 6.30. The first-order valence-electron chi connectivity index (χ1n) is 7.07. The molecule has 2 nitrogen and oxygen atoms in total. The molecule has 3 rings (SSSR count). The van der Waals surface area contributed by atoms with Crippen molar-refractivity contribution in [1.82, 2.24) is 9.78 Å². The molecule has 1 aliphatic carbocycles. The summed E-state index contributed by atoms with van der Waals surface area (Å²) in [6, 6.07) is 10.8. The molecule has 100 valence electrons. The van der Waals surface area contributed by atoms with Crippen LogP contribution in [0.4, 0.5) is 0 Å². The number of aromatic nitrogens is 2. The number of nitrogens with zero attached hydrogens (tertiary/aromatic N) is 2. The Labute approximate surface area is 119 Å². The lowest BCUT2D eigenvalue weighted by atomic mass is 9.96. The van der Waals surface area contributed by atoms with E-state index in [1.54, 1.807) is 0 Å². The summed E-state index contributed by atoms with van der Waals surface area (Å²) in [5, 5.41) is 5.60. The van der Waals surface area contributed by atoms with Gasteiger partial charge in [-0.05, 0) is 19.8 Å². The van der Waals surface area contributed by atoms with Crippen molar-refractivity contribution < 1.29 is 0 Å². The molecule has 1 saturated carbocycles. The highest BCUT2D eigenvalue weighted by atomic mass is 35.5. The smallest absolute Gasteiger partial charge is 0.130 e. The van der Waals surface area contributed by atoms with Gasteiger partial charge in [-0.2, -0.15) is 5.10 Å². The average Bonchev–Trinajstić information content (AvgIpc) is 2.77. The molecule has 3 heteroatoms. The van der Waals surface area contributed by atoms with E-state index in [2.05, 4.69) is 23.7 Å². The van der Waals surface area contributed by atoms with E-state index < -0.39 is 0 Å². The van der Waals surface area contributed by atoms with E-state index in [9.17, 15) is 0 Å². The normalized spacial score (nSPS) is 16.7. The molecule has 1 heterocycles. The molecule has 0 amide bonds. The number of halogens is 1. The van der Waals surface area contributed by atoms with Gasteiger partial charge < -0.3 is 0 Å². The first-order chi connectivity index (χ1) is 9.27. The maximum Gasteiger partial charge on any atom is 0.130 e. The van der Waals surface area contributed by atoms with Gasteiger partial charge in [0.05, 0.1) is 11.7 Å². The number of hydrogen-bond acceptors (Lipinski definition) is 1. The largest absolute Gasteiger partial charge is 0.250 e. The number of benzene rings is 1. The standard InChI is InChI=1S/C16H19ClN2/c1-12-15(13-8-4-2-5-9-13)18-19(16(12)17)14-10-6-3-7-11-14/h2,4-5,8-9,14H,3,6-7,10-11H2,1H3. The predicted octanol–water partition coefficient (Wildman–Crippen LogP) is 5.02. The van der Waals surface area contributed by atoms with Crippen molar-refractivity contribution >= 4 is 11.6 Å². The van der Waals surface area contributed by atoms with Crippen molar-refractivity contribution in [3.05, 3.63) is 41.0 Å². The summed E-state index contributed by atoms with van der Waals surface area (Å²) in [5.74, 6) is 0. The predicted molar refractivity (Wildman–Crippen MR) is 79.5 cm³/mol. The quantitative estimate of drug-likeness (QED) is 0.752. The molecule has 0 saturated heterocycles. The molecule has 0 spiro atoms. The maximum atomic E-state index is 6.50. The van der Waals surface area contributed by atoms with Crippen LogP contribution in [0.2, 0.25) is 5.15 Å². The van der Waals surface area contributed by atoms with E-state index >= 15 is 0 Å². The third kappa shape index (κ3) is 2.42. The average molecular weight is 275 g/mol. The molecule has 2 aromatic rings. The number of rotatable bonds is 2. The fourth-order valence-corrected chi connectivity index (χ4v) is 3.20. The van der Waals surface area contributed by atoms with Gasteiger partial charge in [-0.25, -0.2) is 0 Å². The molecule has 1 aromatic heterocycles. The van der Waals surface area contributed by atoms with E-state index in [1.807, 2.05) is 18.2 Å². The lowest BCUT2D eigenvalue weighted by Gasteiger charge is -2.22. The van der Waals surface area contributed by atoms with Gasteiger partial charge in [0.25, 0.3) is 0 Å². The maximum absolute atomic E-state index is 6.50. The Morgan fingerprint density at radius 1 is 1.11 bits per heavy atom. The zero-order valence-electron chi connectivity index (χ0n) is 11.3. The third-order valence-corrected chi connectivity index (χ3v) is 4.50. The van der Waals surface area contributed by atoms with Gasteiger partial charge in [0.1, 0.15) is 5.15 Å². The first-order valence-corrected chi connectivity index (χ1v) is 7.45. The SMILES string of the molecule is Cc1c(-c2ccccc2)nn(C2CCCCC2)c1Cl. The first kappa shape index (κ1) is 12.7. The second kappa shape index (κ2) is 5.38. The van der Waals surface area contributed by atoms with E-state index in [0.29, 0.717) is 6.04 Å². The summed E-state index contributed by atoms with van der Waals surface area (Å²) < 4.78 is 2.05. The van der Waals surface area contributed by atoms with Gasteiger partial charge in [-0.1, -0.05) is 61.2 Å². The van der Waals surface area contributed by atoms with Crippen LogP contribution < -0.4 is 0 Å². The lowest BCUT2D eigenvalue weighted by molar-refractivity contribution is 0.330. The van der Waals surface area contributed by atoms with Crippen LogP contribution in [0.15, 0.2) is 30.3 Å². The summed E-state index contributed by atoms with van der Waals surface area (Å²) in [7, 11) is 0. The highest BCUT2D eigenvalue weighted by Crippen LogP contribution is 2.35. The fourth-order valence-electron chi connectivity index (χ4n) is 2.93. The van der Waals surface area contributed by atoms with Crippen LogP contribution in [-0.4, -0.2) is 9.78 Å². The van der Waals surface area contributed by atoms with Crippen molar-refractivity contribution in [2.45, 2.75) is 45.1 Å². The summed E-state index contributed by atoms with van der Waals surface area (Å²) in [5.41, 5.74) is 3.27. The monoisotopic (exact) mass is 274 g/mol. The molecule has 1 aliphatic rings. The van der Waals surface area contributed by atoms with Gasteiger partial charge in [0, 0.05) is 11.1 Å². The van der Waals surface area contributed by atoms with Crippen molar-refractivity contribution in [1.29, 1.82) is 0 Å². The van der Waals surface area contributed by atoms with Crippen LogP contribution in [0.1, 0.15) is 43.7 Å². The zero-order valence-corrected chi connectivity index (χ0v) is 12.0. The molecular weight excluding hydrogens is 256 g/mol. The molecule has 0 atom stereocenters. The van der Waals surface area contributed by atoms with Crippen LogP contribution in [0.3, 0.4) is 0 Å². The highest BCUT2D eigenvalue weighted by Gasteiger charge is 2.22. The Bertz CT molecular complexity index is 554. The van der Waals surface area contributed by atoms with Gasteiger partial charge in [-0.3, -0.25) is 4.68 Å². The van der Waals surface area contributed by atoms with Gasteiger partial charge in [-0.15, -0.1) is 0 Å². The molecule has 0 bridgehead atoms. The zero-order chi connectivity index (χ0) is 13.2. The molecule has 0 unspecified atom stereocenters. The van der Waals surface area contributed by atoms with Crippen LogP contribution >= 0.6 is 11.6 Å². The molecular formula is C16H19ClN2. The number of hydrogen-bond donors (Lipinski definition) is 0. The molecule has 1 aromatic carbocycles. The van der Waals surface area contributed by atoms with Crippen molar-refractivity contribution in [3.63, 3.8) is 0 Å². The second-order valence-electron chi connectivity index (χ2n) is 5.37. The second-order valence-corrected chi connectivity index (χ2v) is 5.72. The Hall–Kier alpha value is -1.28. The Morgan fingerprint density at radius 2 is 1.79 bits per heavy atom. The van der Waals surface area contributed by atoms with Crippen molar-refractivity contribution in [2.75, 3.05) is 0 Å². The van der Waals surface area contributed by atoms with Gasteiger partial charge >= 0.3 is 0 Å². The van der Waals surface area contributed by atoms with Crippen molar-refractivity contribution in [3.8, 4) is 11.3 Å². The van der Waals surface area contributed by atoms with E-state index in [0.717, 1.165) is 22.0 Å². The molecule has 0 aliphatic heterocycles. The Balaban J connectivity index is 1.99. The van der Waals surface area contributed by atoms with E-state index in [-0.39, 0.29) is 0 Å². The summed E-state index contributed by atoms with van der Waals surface area (Å²) >= 11 is 6.50. The lowest BCUT2D eigenvalue weighted by Crippen LogP contribution is -2.14. The van der Waals surface area contributed by atoms with Crippen molar-refractivity contribution in [2.24, 2.45) is 0 Å². The Kier molecular flexibility index (Phi) is 3.61. The topological polar surface area (TPSA) is 17.8 Å². The molecule has 19 heavy (non-hydrogen) atoms.